The summed E-state index contributed by atoms with van der Waals surface area (Å²) in [4.78, 5) is 14.7. The number of sulfonamides is 1. The number of aryl methyl sites for hydroxylation is 1. The van der Waals surface area contributed by atoms with Gasteiger partial charge in [-0.3, -0.25) is 4.79 Å². The molecule has 1 aliphatic rings. The zero-order valence-corrected chi connectivity index (χ0v) is 15.6. The van der Waals surface area contributed by atoms with Crippen LogP contribution >= 0.6 is 0 Å². The van der Waals surface area contributed by atoms with Crippen LogP contribution in [0.3, 0.4) is 0 Å². The van der Waals surface area contributed by atoms with E-state index in [9.17, 15) is 13.2 Å². The van der Waals surface area contributed by atoms with Gasteiger partial charge in [0.25, 0.3) is 15.9 Å². The maximum Gasteiger partial charge on any atom is 0.273 e. The van der Waals surface area contributed by atoms with Crippen LogP contribution in [0.1, 0.15) is 27.6 Å². The lowest BCUT2D eigenvalue weighted by atomic mass is 9.89. The van der Waals surface area contributed by atoms with Gasteiger partial charge in [0.2, 0.25) is 5.09 Å². The van der Waals surface area contributed by atoms with E-state index in [1.54, 1.807) is 11.8 Å². The number of furan rings is 1. The van der Waals surface area contributed by atoms with E-state index in [2.05, 4.69) is 4.72 Å². The summed E-state index contributed by atoms with van der Waals surface area (Å²) in [6, 6.07) is 11.3. The summed E-state index contributed by atoms with van der Waals surface area (Å²) >= 11 is 0. The van der Waals surface area contributed by atoms with Gasteiger partial charge in [0.05, 0.1) is 5.56 Å². The first-order valence-corrected chi connectivity index (χ1v) is 9.94. The third-order valence-corrected chi connectivity index (χ3v) is 6.19. The van der Waals surface area contributed by atoms with Crippen LogP contribution in [0, 0.1) is 12.8 Å². The molecule has 0 radical (unpaired) electrons. The zero-order chi connectivity index (χ0) is 18.9. The lowest BCUT2D eigenvalue weighted by molar-refractivity contribution is 0.0784. The molecule has 0 unspecified atom stereocenters. The van der Waals surface area contributed by atoms with Gasteiger partial charge in [-0.1, -0.05) is 30.3 Å². The first kappa shape index (κ1) is 18.6. The molecule has 1 aromatic carbocycles. The van der Waals surface area contributed by atoms with Gasteiger partial charge >= 0.3 is 0 Å². The van der Waals surface area contributed by atoms with Gasteiger partial charge in [0.15, 0.2) is 0 Å². The van der Waals surface area contributed by atoms with Gasteiger partial charge < -0.3 is 15.1 Å². The van der Waals surface area contributed by atoms with E-state index in [0.717, 1.165) is 5.56 Å². The molecule has 0 bridgehead atoms. The fraction of sp³-hybridized carbons (Fsp3) is 0.389. The third-order valence-electron chi connectivity index (χ3n) is 4.92. The van der Waals surface area contributed by atoms with Crippen molar-refractivity contribution in [2.75, 3.05) is 26.7 Å². The van der Waals surface area contributed by atoms with Crippen LogP contribution in [-0.4, -0.2) is 45.9 Å². The second-order valence-electron chi connectivity index (χ2n) is 6.47. The standard InChI is InChI=1S/C18H23N3O4S/c1-12-15(8-17(25-12)26(23,24)20-2)18(22)21-10-14(9-19)16(11-21)13-6-4-3-5-7-13/h3-8,14,16,20H,9-11,19H2,1-2H3/t14-,16+/m1/s1. The summed E-state index contributed by atoms with van der Waals surface area (Å²) in [5.41, 5.74) is 7.35. The SMILES string of the molecule is CNS(=O)(=O)c1cc(C(=O)N2C[C@@H](CN)[C@H](c3ccccc3)C2)c(C)o1. The molecule has 2 heterocycles. The van der Waals surface area contributed by atoms with E-state index in [0.29, 0.717) is 19.6 Å². The molecule has 3 rings (SSSR count). The molecule has 0 saturated carbocycles. The van der Waals surface area contributed by atoms with Gasteiger partial charge in [-0.25, -0.2) is 13.1 Å². The fourth-order valence-corrected chi connectivity index (χ4v) is 4.13. The van der Waals surface area contributed by atoms with Crippen molar-refractivity contribution < 1.29 is 17.6 Å². The zero-order valence-electron chi connectivity index (χ0n) is 14.8. The molecule has 7 nitrogen and oxygen atoms in total. The Bertz CT molecular complexity index is 892. The van der Waals surface area contributed by atoms with Crippen molar-refractivity contribution in [2.24, 2.45) is 11.7 Å². The van der Waals surface area contributed by atoms with E-state index < -0.39 is 10.0 Å². The van der Waals surface area contributed by atoms with Crippen molar-refractivity contribution in [3.63, 3.8) is 0 Å². The van der Waals surface area contributed by atoms with Gasteiger partial charge in [0, 0.05) is 25.1 Å². The highest BCUT2D eigenvalue weighted by Gasteiger charge is 2.37. The summed E-state index contributed by atoms with van der Waals surface area (Å²) in [5, 5.41) is -0.255. The molecule has 0 spiro atoms. The highest BCUT2D eigenvalue weighted by atomic mass is 32.2. The Labute approximate surface area is 153 Å². The number of hydrogen-bond acceptors (Lipinski definition) is 5. The van der Waals surface area contributed by atoms with Gasteiger partial charge in [0.1, 0.15) is 5.76 Å². The minimum Gasteiger partial charge on any atom is -0.448 e. The molecule has 1 aliphatic heterocycles. The molecule has 26 heavy (non-hydrogen) atoms. The number of nitrogens with one attached hydrogen (secondary N) is 1. The summed E-state index contributed by atoms with van der Waals surface area (Å²) in [5.74, 6) is 0.379. The van der Waals surface area contributed by atoms with Gasteiger partial charge in [-0.15, -0.1) is 0 Å². The predicted molar refractivity (Wildman–Crippen MR) is 97.3 cm³/mol. The second-order valence-corrected chi connectivity index (χ2v) is 8.28. The van der Waals surface area contributed by atoms with Crippen LogP contribution in [0.15, 0.2) is 45.9 Å². The molecular formula is C18H23N3O4S. The van der Waals surface area contributed by atoms with Crippen molar-refractivity contribution in [3.05, 3.63) is 53.3 Å². The average Bonchev–Trinajstić information content (AvgIpc) is 3.26. The molecule has 2 atom stereocenters. The maximum atomic E-state index is 12.9. The molecule has 1 fully saturated rings. The molecule has 1 saturated heterocycles. The van der Waals surface area contributed by atoms with Crippen molar-refractivity contribution in [3.8, 4) is 0 Å². The molecule has 1 amide bonds. The van der Waals surface area contributed by atoms with E-state index in [4.69, 9.17) is 10.2 Å². The van der Waals surface area contributed by atoms with Crippen LogP contribution in [0.5, 0.6) is 0 Å². The Morgan fingerprint density at radius 2 is 2.00 bits per heavy atom. The summed E-state index contributed by atoms with van der Waals surface area (Å²) < 4.78 is 31.3. The predicted octanol–water partition coefficient (Wildman–Crippen LogP) is 1.31. The van der Waals surface area contributed by atoms with Gasteiger partial charge in [-0.05, 0) is 32.0 Å². The summed E-state index contributed by atoms with van der Waals surface area (Å²) in [7, 11) is -2.44. The Balaban J connectivity index is 1.85. The molecule has 3 N–H and O–H groups in total. The number of amides is 1. The first-order valence-electron chi connectivity index (χ1n) is 8.45. The van der Waals surface area contributed by atoms with E-state index in [1.807, 2.05) is 30.3 Å². The van der Waals surface area contributed by atoms with Crippen LogP contribution in [-0.2, 0) is 10.0 Å². The molecule has 0 aliphatic carbocycles. The van der Waals surface area contributed by atoms with Crippen LogP contribution < -0.4 is 10.5 Å². The molecular weight excluding hydrogens is 354 g/mol. The Morgan fingerprint density at radius 3 is 2.62 bits per heavy atom. The van der Waals surface area contributed by atoms with E-state index in [-0.39, 0.29) is 34.2 Å². The number of hydrogen-bond donors (Lipinski definition) is 2. The minimum absolute atomic E-state index is 0.161. The Hall–Kier alpha value is -2.16. The van der Waals surface area contributed by atoms with Crippen molar-refractivity contribution >= 4 is 15.9 Å². The average molecular weight is 377 g/mol. The summed E-state index contributed by atoms with van der Waals surface area (Å²) in [6.07, 6.45) is 0. The highest BCUT2D eigenvalue weighted by Crippen LogP contribution is 2.33. The topological polar surface area (TPSA) is 106 Å². The minimum atomic E-state index is -3.73. The highest BCUT2D eigenvalue weighted by molar-refractivity contribution is 7.89. The number of carbonyl (C=O) groups excluding carboxylic acids is 1. The largest absolute Gasteiger partial charge is 0.448 e. The summed E-state index contributed by atoms with van der Waals surface area (Å²) in [6.45, 7) is 3.15. The quantitative estimate of drug-likeness (QED) is 0.817. The maximum absolute atomic E-state index is 12.9. The number of nitrogens with zero attached hydrogens (tertiary/aromatic N) is 1. The molecule has 140 valence electrons. The lowest BCUT2D eigenvalue weighted by Gasteiger charge is -2.16. The van der Waals surface area contributed by atoms with E-state index >= 15 is 0 Å². The smallest absolute Gasteiger partial charge is 0.273 e. The number of rotatable bonds is 5. The third kappa shape index (κ3) is 3.40. The normalized spacial score (nSPS) is 20.5. The van der Waals surface area contributed by atoms with Crippen molar-refractivity contribution in [1.29, 1.82) is 0 Å². The molecule has 2 aromatic rings. The Kier molecular flexibility index (Phi) is 5.17. The fourth-order valence-electron chi connectivity index (χ4n) is 3.42. The van der Waals surface area contributed by atoms with Crippen molar-refractivity contribution in [1.82, 2.24) is 9.62 Å². The van der Waals surface area contributed by atoms with Gasteiger partial charge in [-0.2, -0.15) is 0 Å². The van der Waals surface area contributed by atoms with Crippen molar-refractivity contribution in [2.45, 2.75) is 17.9 Å². The van der Waals surface area contributed by atoms with E-state index in [1.165, 1.54) is 13.1 Å². The van der Waals surface area contributed by atoms with Crippen LogP contribution in [0.2, 0.25) is 0 Å². The lowest BCUT2D eigenvalue weighted by Crippen LogP contribution is -2.30. The second kappa shape index (κ2) is 7.22. The Morgan fingerprint density at radius 1 is 1.31 bits per heavy atom. The first-order chi connectivity index (χ1) is 12.4. The molecule has 8 heteroatoms. The number of nitrogens with two attached hydrogens (primary N) is 1. The van der Waals surface area contributed by atoms with Crippen LogP contribution in [0.25, 0.3) is 0 Å². The number of benzene rings is 1. The number of carbonyl (C=O) groups is 1. The van der Waals surface area contributed by atoms with Crippen LogP contribution in [0.4, 0.5) is 0 Å². The molecule has 1 aromatic heterocycles. The monoisotopic (exact) mass is 377 g/mol. The number of likely N-dealkylation sites (tertiary alicyclic amines) is 1.